The number of benzene rings is 2. The molecule has 110 valence electrons. The van der Waals surface area contributed by atoms with E-state index in [1.54, 1.807) is 0 Å². The Morgan fingerprint density at radius 3 is 2.48 bits per heavy atom. The van der Waals surface area contributed by atoms with Crippen molar-refractivity contribution in [3.05, 3.63) is 65.2 Å². The minimum absolute atomic E-state index is 0.726. The highest BCUT2D eigenvalue weighted by molar-refractivity contribution is 6.30. The van der Waals surface area contributed by atoms with E-state index < -0.39 is 0 Å². The number of halogens is 1. The van der Waals surface area contributed by atoms with Crippen LogP contribution >= 0.6 is 11.6 Å². The summed E-state index contributed by atoms with van der Waals surface area (Å²) < 4.78 is 0. The maximum Gasteiger partial charge on any atom is 0.0429 e. The average Bonchev–Trinajstić information content (AvgIpc) is 3.01. The van der Waals surface area contributed by atoms with Crippen molar-refractivity contribution in [1.82, 2.24) is 5.32 Å². The molecule has 1 heterocycles. The molecule has 1 atom stereocenters. The Kier molecular flexibility index (Phi) is 4.79. The van der Waals surface area contributed by atoms with Crippen molar-refractivity contribution in [2.24, 2.45) is 5.92 Å². The van der Waals surface area contributed by atoms with Gasteiger partial charge in [0, 0.05) is 23.8 Å². The van der Waals surface area contributed by atoms with E-state index in [1.165, 1.54) is 17.7 Å². The molecule has 0 aliphatic carbocycles. The molecule has 1 saturated heterocycles. The van der Waals surface area contributed by atoms with Gasteiger partial charge in [0.1, 0.15) is 0 Å². The first-order valence-electron chi connectivity index (χ1n) is 7.56. The van der Waals surface area contributed by atoms with E-state index in [4.69, 9.17) is 11.6 Å². The van der Waals surface area contributed by atoms with Gasteiger partial charge in [0.25, 0.3) is 0 Å². The predicted octanol–water partition coefficient (Wildman–Crippen LogP) is 3.96. The monoisotopic (exact) mass is 300 g/mol. The summed E-state index contributed by atoms with van der Waals surface area (Å²) in [4.78, 5) is 2.46. The van der Waals surface area contributed by atoms with Crippen LogP contribution in [0.2, 0.25) is 5.02 Å². The molecule has 0 spiro atoms. The lowest BCUT2D eigenvalue weighted by atomic mass is 10.1. The normalized spacial score (nSPS) is 17.9. The summed E-state index contributed by atoms with van der Waals surface area (Å²) >= 11 is 6.02. The summed E-state index contributed by atoms with van der Waals surface area (Å²) in [5.74, 6) is 0.726. The van der Waals surface area contributed by atoms with Gasteiger partial charge in [-0.05, 0) is 55.3 Å². The van der Waals surface area contributed by atoms with Crippen molar-refractivity contribution >= 4 is 17.3 Å². The molecule has 0 aromatic heterocycles. The number of nitrogens with zero attached hydrogens (tertiary/aromatic N) is 1. The summed E-state index contributed by atoms with van der Waals surface area (Å²) in [5.41, 5.74) is 2.59. The maximum atomic E-state index is 6.02. The molecule has 0 amide bonds. The van der Waals surface area contributed by atoms with Gasteiger partial charge in [-0.25, -0.2) is 0 Å². The lowest BCUT2D eigenvalue weighted by Crippen LogP contribution is -2.30. The molecule has 3 rings (SSSR count). The zero-order valence-electron chi connectivity index (χ0n) is 12.1. The lowest BCUT2D eigenvalue weighted by molar-refractivity contribution is 0.558. The molecule has 21 heavy (non-hydrogen) atoms. The Morgan fingerprint density at radius 2 is 1.81 bits per heavy atom. The Bertz CT molecular complexity index is 547. The van der Waals surface area contributed by atoms with Crippen molar-refractivity contribution in [3.63, 3.8) is 0 Å². The van der Waals surface area contributed by atoms with E-state index in [0.29, 0.717) is 0 Å². The third-order valence-electron chi connectivity index (χ3n) is 4.05. The van der Waals surface area contributed by atoms with Crippen LogP contribution in [0.15, 0.2) is 54.6 Å². The fraction of sp³-hybridized carbons (Fsp3) is 0.333. The second-order valence-corrected chi connectivity index (χ2v) is 6.14. The standard InChI is InChI=1S/C18H21ClN2/c19-17-6-8-18(9-7-17)21(14-16-10-11-20-12-16)13-15-4-2-1-3-5-15/h1-9,16,20H,10-14H2/t16-/m1/s1. The molecule has 0 bridgehead atoms. The molecular weight excluding hydrogens is 280 g/mol. The van der Waals surface area contributed by atoms with Gasteiger partial charge in [-0.15, -0.1) is 0 Å². The molecule has 0 unspecified atom stereocenters. The first kappa shape index (κ1) is 14.4. The predicted molar refractivity (Wildman–Crippen MR) is 89.9 cm³/mol. The smallest absolute Gasteiger partial charge is 0.0429 e. The second kappa shape index (κ2) is 6.97. The van der Waals surface area contributed by atoms with Gasteiger partial charge in [0.15, 0.2) is 0 Å². The molecule has 1 N–H and O–H groups in total. The van der Waals surface area contributed by atoms with E-state index in [-0.39, 0.29) is 0 Å². The molecule has 0 radical (unpaired) electrons. The molecule has 2 aromatic carbocycles. The zero-order valence-corrected chi connectivity index (χ0v) is 12.9. The van der Waals surface area contributed by atoms with Gasteiger partial charge >= 0.3 is 0 Å². The third-order valence-corrected chi connectivity index (χ3v) is 4.30. The molecule has 3 heteroatoms. The number of hydrogen-bond donors (Lipinski definition) is 1. The summed E-state index contributed by atoms with van der Waals surface area (Å²) in [6, 6.07) is 18.8. The van der Waals surface area contributed by atoms with Gasteiger partial charge < -0.3 is 10.2 Å². The number of hydrogen-bond acceptors (Lipinski definition) is 2. The maximum absolute atomic E-state index is 6.02. The largest absolute Gasteiger partial charge is 0.367 e. The highest BCUT2D eigenvalue weighted by Gasteiger charge is 2.18. The van der Waals surface area contributed by atoms with Crippen molar-refractivity contribution in [2.75, 3.05) is 24.5 Å². The summed E-state index contributed by atoms with van der Waals surface area (Å²) in [5, 5.41) is 4.25. The van der Waals surface area contributed by atoms with Crippen molar-refractivity contribution in [2.45, 2.75) is 13.0 Å². The minimum Gasteiger partial charge on any atom is -0.367 e. The van der Waals surface area contributed by atoms with Gasteiger partial charge in [0.2, 0.25) is 0 Å². The number of anilines is 1. The number of rotatable bonds is 5. The topological polar surface area (TPSA) is 15.3 Å². The molecular formula is C18H21ClN2. The quantitative estimate of drug-likeness (QED) is 0.899. The van der Waals surface area contributed by atoms with Crippen LogP contribution in [0, 0.1) is 5.92 Å². The Hall–Kier alpha value is -1.51. The van der Waals surface area contributed by atoms with E-state index >= 15 is 0 Å². The van der Waals surface area contributed by atoms with Gasteiger partial charge in [0.05, 0.1) is 0 Å². The summed E-state index contributed by atoms with van der Waals surface area (Å²) in [7, 11) is 0. The third kappa shape index (κ3) is 3.99. The first-order valence-corrected chi connectivity index (χ1v) is 7.94. The van der Waals surface area contributed by atoms with Crippen LogP contribution < -0.4 is 10.2 Å². The average molecular weight is 301 g/mol. The van der Waals surface area contributed by atoms with E-state index in [1.807, 2.05) is 12.1 Å². The molecule has 1 fully saturated rings. The minimum atomic E-state index is 0.726. The van der Waals surface area contributed by atoms with Crippen LogP contribution in [0.1, 0.15) is 12.0 Å². The van der Waals surface area contributed by atoms with Crippen molar-refractivity contribution < 1.29 is 0 Å². The molecule has 1 aliphatic rings. The SMILES string of the molecule is Clc1ccc(N(Cc2ccccc2)C[C@@H]2CCNC2)cc1. The molecule has 2 aromatic rings. The van der Waals surface area contributed by atoms with Crippen LogP contribution in [0.3, 0.4) is 0 Å². The van der Waals surface area contributed by atoms with E-state index in [2.05, 4.69) is 52.7 Å². The zero-order chi connectivity index (χ0) is 14.5. The summed E-state index contributed by atoms with van der Waals surface area (Å²) in [6.45, 7) is 4.30. The Morgan fingerprint density at radius 1 is 1.05 bits per heavy atom. The molecule has 1 aliphatic heterocycles. The molecule has 0 saturated carbocycles. The van der Waals surface area contributed by atoms with E-state index in [9.17, 15) is 0 Å². The van der Waals surface area contributed by atoms with Crippen molar-refractivity contribution in [1.29, 1.82) is 0 Å². The Balaban J connectivity index is 1.77. The van der Waals surface area contributed by atoms with Crippen LogP contribution in [-0.4, -0.2) is 19.6 Å². The van der Waals surface area contributed by atoms with E-state index in [0.717, 1.165) is 37.1 Å². The van der Waals surface area contributed by atoms with Crippen molar-refractivity contribution in [3.8, 4) is 0 Å². The van der Waals surface area contributed by atoms with Crippen LogP contribution in [0.25, 0.3) is 0 Å². The van der Waals surface area contributed by atoms with Crippen LogP contribution in [0.4, 0.5) is 5.69 Å². The lowest BCUT2D eigenvalue weighted by Gasteiger charge is -2.28. The van der Waals surface area contributed by atoms with Gasteiger partial charge in [-0.3, -0.25) is 0 Å². The highest BCUT2D eigenvalue weighted by atomic mass is 35.5. The Labute approximate surface area is 131 Å². The fourth-order valence-electron chi connectivity index (χ4n) is 2.90. The highest BCUT2D eigenvalue weighted by Crippen LogP contribution is 2.22. The first-order chi connectivity index (χ1) is 10.3. The molecule has 2 nitrogen and oxygen atoms in total. The number of nitrogens with one attached hydrogen (secondary N) is 1. The fourth-order valence-corrected chi connectivity index (χ4v) is 3.02. The summed E-state index contributed by atoms with van der Waals surface area (Å²) in [6.07, 6.45) is 1.26. The van der Waals surface area contributed by atoms with Gasteiger partial charge in [-0.2, -0.15) is 0 Å². The second-order valence-electron chi connectivity index (χ2n) is 5.70. The van der Waals surface area contributed by atoms with Gasteiger partial charge in [-0.1, -0.05) is 41.9 Å². The van der Waals surface area contributed by atoms with Crippen LogP contribution in [-0.2, 0) is 6.54 Å². The van der Waals surface area contributed by atoms with Crippen LogP contribution in [0.5, 0.6) is 0 Å².